The Morgan fingerprint density at radius 1 is 0.351 bits per heavy atom. The van der Waals surface area contributed by atoms with E-state index in [1.165, 1.54) is 93.3 Å². The van der Waals surface area contributed by atoms with Gasteiger partial charge in [0.1, 0.15) is 0 Å². The molecule has 7 nitrogen and oxygen atoms in total. The van der Waals surface area contributed by atoms with Gasteiger partial charge in [-0.15, -0.1) is 0 Å². The van der Waals surface area contributed by atoms with Crippen LogP contribution in [0.25, 0.3) is 87.9 Å². The van der Waals surface area contributed by atoms with E-state index in [9.17, 15) is 0 Å². The van der Waals surface area contributed by atoms with Crippen LogP contribution in [0, 0.1) is 6.92 Å². The molecule has 0 amide bonds. The van der Waals surface area contributed by atoms with Gasteiger partial charge in [-0.2, -0.15) is 0 Å². The van der Waals surface area contributed by atoms with Crippen LogP contribution in [0.5, 0.6) is 0 Å². The minimum atomic E-state index is 0.117. The van der Waals surface area contributed by atoms with E-state index in [2.05, 4.69) is 203 Å². The molecule has 0 saturated heterocycles. The highest BCUT2D eigenvalue weighted by Crippen LogP contribution is 2.41. The zero-order valence-corrected chi connectivity index (χ0v) is 45.1. The van der Waals surface area contributed by atoms with Gasteiger partial charge in [-0.05, 0) is 160 Å². The van der Waals surface area contributed by atoms with Crippen molar-refractivity contribution < 1.29 is 0 Å². The molecule has 8 N–H and O–H groups in total. The second-order valence-corrected chi connectivity index (χ2v) is 22.4. The van der Waals surface area contributed by atoms with E-state index < -0.39 is 0 Å². The zero-order valence-electron chi connectivity index (χ0n) is 45.1. The first kappa shape index (κ1) is 50.0. The van der Waals surface area contributed by atoms with Crippen LogP contribution in [0.4, 0.5) is 17.1 Å². The van der Waals surface area contributed by atoms with Gasteiger partial charge in [-0.25, -0.2) is 0 Å². The summed E-state index contributed by atoms with van der Waals surface area (Å²) in [6.45, 7) is 15.8. The molecular formula is C70H67N7. The molecule has 13 aromatic rings. The molecule has 7 heteroatoms. The number of hydrogen-bond acceptors (Lipinski definition) is 4. The highest BCUT2D eigenvalue weighted by molar-refractivity contribution is 6.11. The fraction of sp³-hybridized carbons (Fsp3) is 0.143. The molecule has 3 aromatic heterocycles. The maximum Gasteiger partial charge on any atom is 0.0703 e. The Balaban J connectivity index is 0.000000113. The number of aromatic nitrogens is 3. The van der Waals surface area contributed by atoms with Crippen LogP contribution in [0.3, 0.4) is 0 Å². The van der Waals surface area contributed by atoms with Crippen molar-refractivity contribution in [2.24, 2.45) is 0 Å². The Kier molecular flexibility index (Phi) is 12.9. The van der Waals surface area contributed by atoms with E-state index in [-0.39, 0.29) is 10.8 Å². The van der Waals surface area contributed by atoms with Gasteiger partial charge in [0.25, 0.3) is 0 Å². The van der Waals surface area contributed by atoms with E-state index in [4.69, 9.17) is 23.0 Å². The second-order valence-electron chi connectivity index (χ2n) is 22.4. The summed E-state index contributed by atoms with van der Waals surface area (Å²) in [5, 5.41) is 7.60. The van der Waals surface area contributed by atoms with E-state index in [1.807, 2.05) is 72.8 Å². The van der Waals surface area contributed by atoms with Gasteiger partial charge in [0.2, 0.25) is 0 Å². The topological polar surface area (TPSA) is 119 Å². The Morgan fingerprint density at radius 3 is 1.14 bits per heavy atom. The third kappa shape index (κ3) is 9.39. The molecule has 14 rings (SSSR count). The fourth-order valence-electron chi connectivity index (χ4n) is 11.1. The molecule has 0 atom stereocenters. The van der Waals surface area contributed by atoms with Crippen molar-refractivity contribution in [3.8, 4) is 22.5 Å². The van der Waals surface area contributed by atoms with Crippen LogP contribution in [-0.2, 0) is 17.3 Å². The average molecular weight is 1010 g/mol. The van der Waals surface area contributed by atoms with Crippen molar-refractivity contribution in [3.05, 3.63) is 246 Å². The first-order chi connectivity index (χ1) is 37.0. The molecule has 0 unspecified atom stereocenters. The van der Waals surface area contributed by atoms with Crippen LogP contribution in [-0.4, -0.2) is 13.8 Å². The van der Waals surface area contributed by atoms with Crippen LogP contribution >= 0.6 is 0 Å². The van der Waals surface area contributed by atoms with E-state index >= 15 is 0 Å². The molecule has 0 saturated carbocycles. The van der Waals surface area contributed by atoms with E-state index in [0.717, 1.165) is 45.9 Å². The highest BCUT2D eigenvalue weighted by atomic mass is 15.3. The summed E-state index contributed by atoms with van der Waals surface area (Å²) in [5.41, 5.74) is 39.3. The number of benzene rings is 10. The summed E-state index contributed by atoms with van der Waals surface area (Å²) >= 11 is 0. The van der Waals surface area contributed by atoms with Crippen molar-refractivity contribution in [2.45, 2.75) is 65.7 Å². The molecule has 77 heavy (non-hydrogen) atoms. The molecule has 1 aliphatic rings. The molecule has 0 aliphatic heterocycles. The van der Waals surface area contributed by atoms with Crippen LogP contribution in [0.15, 0.2) is 218 Å². The molecule has 0 radical (unpaired) electrons. The summed E-state index contributed by atoms with van der Waals surface area (Å²) in [6.07, 6.45) is 0.990. The van der Waals surface area contributed by atoms with Gasteiger partial charge in [0.15, 0.2) is 0 Å². The summed E-state index contributed by atoms with van der Waals surface area (Å²) in [7, 11) is 0. The molecule has 0 fully saturated rings. The Morgan fingerprint density at radius 2 is 0.714 bits per heavy atom. The van der Waals surface area contributed by atoms with Gasteiger partial charge in [0, 0.05) is 67.2 Å². The maximum absolute atomic E-state index is 6.00. The number of aryl methyl sites for hydroxylation is 1. The standard InChI is InChI=1S/C26H30N2.C18H14N2.C14H13N.C12H10N2/c1-25(2,3)17-7-13-23-21(15-17)22-16-18(26(4,5)6)8-14-24(22)28(23)20-11-9-19(27)10-12-20;19-13-9-11-14(12-10-13)20-17-7-3-1-5-15(17)16-6-2-4-8-18(16)20;1-9-4-2-5-10-11-6-3-7-14(15)13(11)8-12(9)10;13-14-11-7-3-1-5-9(11)10-6-2-4-8-12(10)14/h7-16H,27H2,1-6H3;1-12H,19H2;2-7H,8,15H2,1H3;1-8H,13H2. The SMILES string of the molecule is CC(C)(C)c1ccc2c(c1)c1cc(C(C)(C)C)ccc1n2-c1ccc(N)cc1.Cc1cccc2c1Cc1c(N)cccc1-2.Nc1ccc(-n2c3ccccc3c3ccccc32)cc1.Nn1c2ccccc2c2ccccc21. The van der Waals surface area contributed by atoms with Crippen LogP contribution in [0.2, 0.25) is 0 Å². The minimum absolute atomic E-state index is 0.117. The lowest BCUT2D eigenvalue weighted by atomic mass is 9.85. The first-order valence-corrected chi connectivity index (χ1v) is 26.5. The second kappa shape index (κ2) is 19.8. The smallest absolute Gasteiger partial charge is 0.0703 e. The van der Waals surface area contributed by atoms with E-state index in [0.29, 0.717) is 0 Å². The number of nitrogen functional groups attached to an aromatic ring is 4. The quantitative estimate of drug-likeness (QED) is 0.102. The van der Waals surface area contributed by atoms with E-state index in [1.54, 1.807) is 4.68 Å². The fourth-order valence-corrected chi connectivity index (χ4v) is 11.1. The Labute approximate surface area is 451 Å². The summed E-state index contributed by atoms with van der Waals surface area (Å²) < 4.78 is 6.37. The Hall–Kier alpha value is -9.20. The number of hydrogen-bond donors (Lipinski definition) is 4. The van der Waals surface area contributed by atoms with Gasteiger partial charge >= 0.3 is 0 Å². The van der Waals surface area contributed by atoms with Crippen molar-refractivity contribution >= 4 is 82.5 Å². The summed E-state index contributed by atoms with van der Waals surface area (Å²) in [6, 6.07) is 76.0. The van der Waals surface area contributed by atoms with Crippen LogP contribution < -0.4 is 23.0 Å². The Bertz CT molecular complexity index is 4080. The van der Waals surface area contributed by atoms with Crippen molar-refractivity contribution in [3.63, 3.8) is 0 Å². The van der Waals surface area contributed by atoms with Gasteiger partial charge < -0.3 is 32.2 Å². The molecule has 3 heterocycles. The maximum atomic E-state index is 6.00. The van der Waals surface area contributed by atoms with Crippen molar-refractivity contribution in [2.75, 3.05) is 23.0 Å². The third-order valence-corrected chi connectivity index (χ3v) is 15.3. The summed E-state index contributed by atoms with van der Waals surface area (Å²) in [5.74, 6) is 5.99. The molecule has 382 valence electrons. The summed E-state index contributed by atoms with van der Waals surface area (Å²) in [4.78, 5) is 0. The third-order valence-electron chi connectivity index (χ3n) is 15.3. The number of nitrogens with zero attached hydrogens (tertiary/aromatic N) is 3. The average Bonchev–Trinajstić information content (AvgIpc) is 4.23. The first-order valence-electron chi connectivity index (χ1n) is 26.5. The number of anilines is 3. The number of para-hydroxylation sites is 4. The lowest BCUT2D eigenvalue weighted by Crippen LogP contribution is -2.10. The molecule has 1 aliphatic carbocycles. The molecule has 0 bridgehead atoms. The molecule has 10 aromatic carbocycles. The predicted molar refractivity (Wildman–Crippen MR) is 331 cm³/mol. The van der Waals surface area contributed by atoms with Crippen molar-refractivity contribution in [1.82, 2.24) is 13.8 Å². The lowest BCUT2D eigenvalue weighted by molar-refractivity contribution is 0.590. The van der Waals surface area contributed by atoms with Crippen LogP contribution in [0.1, 0.15) is 69.4 Å². The predicted octanol–water partition coefficient (Wildman–Crippen LogP) is 17.0. The number of nitrogens with two attached hydrogens (primary N) is 4. The molecular weight excluding hydrogens is 939 g/mol. The number of fused-ring (bicyclic) bond motifs is 12. The van der Waals surface area contributed by atoms with Crippen molar-refractivity contribution in [1.29, 1.82) is 0 Å². The highest BCUT2D eigenvalue weighted by Gasteiger charge is 2.23. The normalized spacial score (nSPS) is 12.0. The van der Waals surface area contributed by atoms with Gasteiger partial charge in [-0.3, -0.25) is 4.68 Å². The molecule has 0 spiro atoms. The number of rotatable bonds is 2. The zero-order chi connectivity index (χ0) is 53.8. The minimum Gasteiger partial charge on any atom is -0.399 e. The lowest BCUT2D eigenvalue weighted by Gasteiger charge is -2.19. The monoisotopic (exact) mass is 1010 g/mol. The largest absolute Gasteiger partial charge is 0.399 e. The van der Waals surface area contributed by atoms with Gasteiger partial charge in [-0.1, -0.05) is 157 Å². The van der Waals surface area contributed by atoms with Gasteiger partial charge in [0.05, 0.1) is 33.1 Å².